The molecule has 0 N–H and O–H groups in total. The largest absolute Gasteiger partial charge is 0.494 e. The van der Waals surface area contributed by atoms with E-state index in [9.17, 15) is 61.9 Å². The minimum Gasteiger partial charge on any atom is -0.494 e. The molecule has 238 valence electrons. The van der Waals surface area contributed by atoms with E-state index in [1.54, 1.807) is 0 Å². The Morgan fingerprint density at radius 2 is 1.26 bits per heavy atom. The van der Waals surface area contributed by atoms with Crippen molar-refractivity contribution in [2.75, 3.05) is 13.2 Å². The first-order valence-corrected chi connectivity index (χ1v) is 12.3. The summed E-state index contributed by atoms with van der Waals surface area (Å²) < 4.78 is 182. The summed E-state index contributed by atoms with van der Waals surface area (Å²) >= 11 is 0. The van der Waals surface area contributed by atoms with Gasteiger partial charge < -0.3 is 9.47 Å². The fourth-order valence-electron chi connectivity index (χ4n) is 3.45. The summed E-state index contributed by atoms with van der Waals surface area (Å²) in [6.45, 7) is 0.950. The molecule has 0 saturated carbocycles. The Morgan fingerprint density at radius 1 is 0.721 bits per heavy atom. The molecule has 0 aliphatic carbocycles. The van der Waals surface area contributed by atoms with Gasteiger partial charge in [0.1, 0.15) is 16.9 Å². The van der Waals surface area contributed by atoms with E-state index in [-0.39, 0.29) is 43.8 Å². The van der Waals surface area contributed by atoms with Gasteiger partial charge in [-0.2, -0.15) is 39.5 Å². The Hall–Kier alpha value is -3.64. The van der Waals surface area contributed by atoms with E-state index in [4.69, 9.17) is 4.74 Å². The lowest BCUT2D eigenvalue weighted by molar-refractivity contribution is -0.396. The second-order valence-electron chi connectivity index (χ2n) is 8.86. The molecule has 0 bridgehead atoms. The number of hydrogen-bond donors (Lipinski definition) is 0. The molecule has 2 aromatic carbocycles. The van der Waals surface area contributed by atoms with Crippen LogP contribution >= 0.6 is 0 Å². The van der Waals surface area contributed by atoms with Crippen molar-refractivity contribution in [3.63, 3.8) is 0 Å². The highest BCUT2D eigenvalue weighted by Crippen LogP contribution is 2.54. The van der Waals surface area contributed by atoms with Crippen molar-refractivity contribution in [1.29, 1.82) is 0 Å². The molecule has 0 aromatic heterocycles. The van der Waals surface area contributed by atoms with Crippen molar-refractivity contribution in [3.8, 4) is 17.6 Å². The van der Waals surface area contributed by atoms with Crippen LogP contribution in [0.5, 0.6) is 5.75 Å². The van der Waals surface area contributed by atoms with Gasteiger partial charge in [0.15, 0.2) is 23.3 Å². The fraction of sp³-hybridized carbons (Fsp3) is 0.444. The van der Waals surface area contributed by atoms with Crippen LogP contribution in [0.25, 0.3) is 0 Å². The zero-order valence-corrected chi connectivity index (χ0v) is 21.9. The topological polar surface area (TPSA) is 35.5 Å². The molecule has 0 saturated heterocycles. The van der Waals surface area contributed by atoms with E-state index in [0.717, 1.165) is 0 Å². The maximum Gasteiger partial charge on any atom is 0.460 e. The molecule has 0 aliphatic rings. The highest BCUT2D eigenvalue weighted by Gasteiger charge is 2.81. The Kier molecular flexibility index (Phi) is 11.4. The molecule has 16 heteroatoms. The molecule has 2 rings (SSSR count). The van der Waals surface area contributed by atoms with E-state index < -0.39 is 77.2 Å². The maximum atomic E-state index is 14.3. The SMILES string of the molecule is CCOC(=O)c1c(F)c(F)c(C#Cc2ccc(OCCCCCCC(F)(F)C(F)(F)C(F)(F)C(F)(F)F)cc2)c(F)c1F. The lowest BCUT2D eigenvalue weighted by Gasteiger charge is -2.33. The molecular formula is C27H21F13O3. The van der Waals surface area contributed by atoms with Crippen molar-refractivity contribution in [2.24, 2.45) is 0 Å². The molecule has 2 aromatic rings. The van der Waals surface area contributed by atoms with E-state index in [0.29, 0.717) is 0 Å². The van der Waals surface area contributed by atoms with Gasteiger partial charge in [0.05, 0.1) is 13.2 Å². The molecule has 0 unspecified atom stereocenters. The predicted octanol–water partition coefficient (Wildman–Crippen LogP) is 8.62. The lowest BCUT2D eigenvalue weighted by Crippen LogP contribution is -2.60. The molecule has 43 heavy (non-hydrogen) atoms. The Labute approximate surface area is 236 Å². The Balaban J connectivity index is 1.90. The molecular weight excluding hydrogens is 619 g/mol. The molecule has 0 fully saturated rings. The quantitative estimate of drug-likeness (QED) is 0.0767. The van der Waals surface area contributed by atoms with Crippen molar-refractivity contribution in [3.05, 3.63) is 64.2 Å². The van der Waals surface area contributed by atoms with Crippen molar-refractivity contribution in [1.82, 2.24) is 0 Å². The number of benzene rings is 2. The van der Waals surface area contributed by atoms with Crippen LogP contribution in [0.4, 0.5) is 57.1 Å². The highest BCUT2D eigenvalue weighted by molar-refractivity contribution is 5.90. The van der Waals surface area contributed by atoms with E-state index in [1.165, 1.54) is 31.2 Å². The van der Waals surface area contributed by atoms with Gasteiger partial charge in [0, 0.05) is 12.0 Å². The third-order valence-electron chi connectivity index (χ3n) is 5.79. The van der Waals surface area contributed by atoms with Gasteiger partial charge in [0.2, 0.25) is 0 Å². The number of halogens is 13. The number of ether oxygens (including phenoxy) is 2. The number of hydrogen-bond acceptors (Lipinski definition) is 3. The van der Waals surface area contributed by atoms with Gasteiger partial charge in [-0.3, -0.25) is 0 Å². The fourth-order valence-corrected chi connectivity index (χ4v) is 3.45. The van der Waals surface area contributed by atoms with Crippen LogP contribution in [-0.2, 0) is 4.74 Å². The monoisotopic (exact) mass is 640 g/mol. The number of carbonyl (C=O) groups excluding carboxylic acids is 1. The van der Waals surface area contributed by atoms with Gasteiger partial charge >= 0.3 is 29.9 Å². The van der Waals surface area contributed by atoms with Crippen molar-refractivity contribution in [2.45, 2.75) is 63.0 Å². The van der Waals surface area contributed by atoms with Gasteiger partial charge in [-0.1, -0.05) is 24.7 Å². The summed E-state index contributed by atoms with van der Waals surface area (Å²) in [6, 6.07) is 5.23. The summed E-state index contributed by atoms with van der Waals surface area (Å²) in [6.07, 6.45) is -9.53. The van der Waals surface area contributed by atoms with Crippen LogP contribution in [0.2, 0.25) is 0 Å². The Bertz CT molecular complexity index is 1310. The number of carbonyl (C=O) groups is 1. The summed E-state index contributed by atoms with van der Waals surface area (Å²) in [5.41, 5.74) is -2.72. The van der Waals surface area contributed by atoms with E-state index >= 15 is 0 Å². The molecule has 0 heterocycles. The number of alkyl halides is 9. The minimum atomic E-state index is -6.92. The first-order chi connectivity index (χ1) is 19.8. The predicted molar refractivity (Wildman–Crippen MR) is 124 cm³/mol. The van der Waals surface area contributed by atoms with E-state index in [2.05, 4.69) is 10.7 Å². The molecule has 0 radical (unpaired) electrons. The first-order valence-electron chi connectivity index (χ1n) is 12.3. The second kappa shape index (κ2) is 13.8. The van der Waals surface area contributed by atoms with Gasteiger partial charge in [-0.15, -0.1) is 0 Å². The van der Waals surface area contributed by atoms with Crippen LogP contribution < -0.4 is 4.74 Å². The standard InChI is InChI=1S/C27H21F13O3/c1-2-42-23(41)18-21(30)19(28)17(20(29)22(18)31)12-9-15-7-10-16(11-8-15)43-14-6-4-3-5-13-24(32,33)25(34,35)26(36,37)27(38,39)40/h7-8,10-11H,2-6,13-14H2,1H3. The van der Waals surface area contributed by atoms with Crippen LogP contribution in [0.3, 0.4) is 0 Å². The second-order valence-corrected chi connectivity index (χ2v) is 8.86. The number of unbranched alkanes of at least 4 members (excludes halogenated alkanes) is 3. The van der Waals surface area contributed by atoms with Gasteiger partial charge in [-0.05, 0) is 44.0 Å². The lowest BCUT2D eigenvalue weighted by atomic mass is 9.98. The third-order valence-corrected chi connectivity index (χ3v) is 5.79. The van der Waals surface area contributed by atoms with Gasteiger partial charge in [0.25, 0.3) is 0 Å². The first kappa shape index (κ1) is 35.6. The van der Waals surface area contributed by atoms with Crippen LogP contribution in [0.1, 0.15) is 60.5 Å². The molecule has 0 spiro atoms. The minimum absolute atomic E-state index is 0.0501. The number of rotatable bonds is 12. The average molecular weight is 640 g/mol. The van der Waals surface area contributed by atoms with Gasteiger partial charge in [-0.25, -0.2) is 22.4 Å². The summed E-state index contributed by atoms with van der Waals surface area (Å²) in [4.78, 5) is 11.6. The zero-order valence-electron chi connectivity index (χ0n) is 21.9. The van der Waals surface area contributed by atoms with Crippen molar-refractivity contribution < 1.29 is 71.3 Å². The highest BCUT2D eigenvalue weighted by atomic mass is 19.4. The Morgan fingerprint density at radius 3 is 1.77 bits per heavy atom. The summed E-state index contributed by atoms with van der Waals surface area (Å²) in [5.74, 6) is -24.2. The van der Waals surface area contributed by atoms with E-state index in [1.807, 2.05) is 5.92 Å². The number of esters is 1. The maximum absolute atomic E-state index is 14.3. The summed E-state index contributed by atoms with van der Waals surface area (Å²) in [7, 11) is 0. The van der Waals surface area contributed by atoms with Crippen LogP contribution in [0, 0.1) is 35.1 Å². The van der Waals surface area contributed by atoms with Crippen LogP contribution in [-0.4, -0.2) is 43.1 Å². The average Bonchev–Trinajstić information content (AvgIpc) is 2.91. The molecule has 0 atom stereocenters. The summed E-state index contributed by atoms with van der Waals surface area (Å²) in [5, 5.41) is 0. The molecule has 0 aliphatic heterocycles. The normalized spacial score (nSPS) is 12.5. The smallest absolute Gasteiger partial charge is 0.460 e. The molecule has 3 nitrogen and oxygen atoms in total. The third kappa shape index (κ3) is 7.85. The van der Waals surface area contributed by atoms with Crippen molar-refractivity contribution >= 4 is 5.97 Å². The molecule has 0 amide bonds. The van der Waals surface area contributed by atoms with Crippen LogP contribution in [0.15, 0.2) is 24.3 Å². The zero-order chi connectivity index (χ0) is 32.8.